The van der Waals surface area contributed by atoms with Crippen LogP contribution in [0.5, 0.6) is 5.75 Å². The molecule has 0 bridgehead atoms. The molecule has 1 aromatic carbocycles. The Morgan fingerprint density at radius 3 is 2.93 bits per heavy atom. The normalized spacial score (nSPS) is 13.2. The summed E-state index contributed by atoms with van der Waals surface area (Å²) in [7, 11) is 0. The molecule has 3 aromatic heterocycles. The number of carbonyl (C=O) groups is 1. The number of fused-ring (bicyclic) bond motifs is 2. The molecule has 0 spiro atoms. The fraction of sp³-hybridized carbons (Fsp3) is 0.182. The number of nitrogens with zero attached hydrogens (tertiary/aromatic N) is 5. The Hall–Kier alpha value is -3.74. The third kappa shape index (κ3) is 2.82. The number of rotatable bonds is 2. The van der Waals surface area contributed by atoms with Gasteiger partial charge < -0.3 is 9.64 Å². The molecule has 4 aromatic rings. The van der Waals surface area contributed by atoms with E-state index in [-0.39, 0.29) is 5.91 Å². The summed E-state index contributed by atoms with van der Waals surface area (Å²) < 4.78 is 7.73. The number of aryl methyl sites for hydroxylation is 1. The van der Waals surface area contributed by atoms with Crippen molar-refractivity contribution in [1.29, 1.82) is 0 Å². The minimum Gasteiger partial charge on any atom is -0.490 e. The number of benzene rings is 1. The first-order valence-electron chi connectivity index (χ1n) is 9.43. The predicted molar refractivity (Wildman–Crippen MR) is 110 cm³/mol. The largest absolute Gasteiger partial charge is 0.490 e. The first kappa shape index (κ1) is 17.4. The summed E-state index contributed by atoms with van der Waals surface area (Å²) in [6.45, 7) is 4.62. The van der Waals surface area contributed by atoms with Gasteiger partial charge >= 0.3 is 0 Å². The van der Waals surface area contributed by atoms with Gasteiger partial charge in [-0.2, -0.15) is 0 Å². The van der Waals surface area contributed by atoms with E-state index >= 15 is 0 Å². The molecule has 5 rings (SSSR count). The Bertz CT molecular complexity index is 1250. The van der Waals surface area contributed by atoms with Crippen LogP contribution in [0, 0.1) is 6.92 Å². The zero-order chi connectivity index (χ0) is 20.0. The van der Waals surface area contributed by atoms with Crippen molar-refractivity contribution in [2.45, 2.75) is 13.8 Å². The van der Waals surface area contributed by atoms with Crippen LogP contribution < -0.4 is 9.64 Å². The zero-order valence-corrected chi connectivity index (χ0v) is 16.2. The molecule has 1 amide bonds. The van der Waals surface area contributed by atoms with Gasteiger partial charge in [-0.15, -0.1) is 0 Å². The number of amides is 1. The van der Waals surface area contributed by atoms with Crippen LogP contribution in [0.1, 0.15) is 12.5 Å². The predicted octanol–water partition coefficient (Wildman–Crippen LogP) is 3.51. The molecule has 0 atom stereocenters. The Balaban J connectivity index is 1.78. The fourth-order valence-corrected chi connectivity index (χ4v) is 3.78. The summed E-state index contributed by atoms with van der Waals surface area (Å²) in [5.74, 6) is 1.33. The monoisotopic (exact) mass is 385 g/mol. The van der Waals surface area contributed by atoms with Crippen LogP contribution in [0.3, 0.4) is 0 Å². The van der Waals surface area contributed by atoms with E-state index in [2.05, 4.69) is 9.97 Å². The molecule has 29 heavy (non-hydrogen) atoms. The first-order chi connectivity index (χ1) is 14.1. The minimum absolute atomic E-state index is 0.00305. The summed E-state index contributed by atoms with van der Waals surface area (Å²) in [4.78, 5) is 27.3. The van der Waals surface area contributed by atoms with Crippen molar-refractivity contribution in [2.24, 2.45) is 0 Å². The molecule has 144 valence electrons. The van der Waals surface area contributed by atoms with Crippen LogP contribution in [0.25, 0.3) is 28.3 Å². The molecule has 0 fully saturated rings. The van der Waals surface area contributed by atoms with Gasteiger partial charge in [0.05, 0.1) is 23.6 Å². The quantitative estimate of drug-likeness (QED) is 0.528. The Kier molecular flexibility index (Phi) is 4.01. The summed E-state index contributed by atoms with van der Waals surface area (Å²) in [6, 6.07) is 9.75. The molecular weight excluding hydrogens is 366 g/mol. The first-order valence-corrected chi connectivity index (χ1v) is 9.43. The van der Waals surface area contributed by atoms with Crippen LogP contribution in [-0.2, 0) is 4.79 Å². The van der Waals surface area contributed by atoms with E-state index in [1.807, 2.05) is 54.0 Å². The number of ether oxygens (including phenoxy) is 1. The number of carbonyl (C=O) groups excluding carboxylic acids is 1. The summed E-state index contributed by atoms with van der Waals surface area (Å²) >= 11 is 0. The molecule has 7 heteroatoms. The molecule has 0 unspecified atom stereocenters. The highest BCUT2D eigenvalue weighted by Crippen LogP contribution is 2.39. The van der Waals surface area contributed by atoms with Crippen molar-refractivity contribution in [2.75, 3.05) is 18.1 Å². The van der Waals surface area contributed by atoms with Gasteiger partial charge in [0, 0.05) is 42.8 Å². The highest BCUT2D eigenvalue weighted by Gasteiger charge is 2.24. The lowest BCUT2D eigenvalue weighted by atomic mass is 10.0. The Morgan fingerprint density at radius 1 is 1.21 bits per heavy atom. The van der Waals surface area contributed by atoms with Crippen molar-refractivity contribution in [3.63, 3.8) is 0 Å². The van der Waals surface area contributed by atoms with Gasteiger partial charge in [0.15, 0.2) is 0 Å². The van der Waals surface area contributed by atoms with Gasteiger partial charge in [0.2, 0.25) is 11.7 Å². The van der Waals surface area contributed by atoms with Crippen LogP contribution in [0.4, 0.5) is 5.69 Å². The lowest BCUT2D eigenvalue weighted by Gasteiger charge is -2.29. The summed E-state index contributed by atoms with van der Waals surface area (Å²) in [5, 5.41) is 0. The molecule has 0 N–H and O–H groups in total. The van der Waals surface area contributed by atoms with E-state index in [4.69, 9.17) is 9.72 Å². The molecule has 7 nitrogen and oxygen atoms in total. The van der Waals surface area contributed by atoms with Crippen molar-refractivity contribution in [1.82, 2.24) is 19.4 Å². The van der Waals surface area contributed by atoms with E-state index in [0.29, 0.717) is 24.7 Å². The smallest absolute Gasteiger partial charge is 0.234 e. The molecule has 0 saturated carbocycles. The molecule has 0 aliphatic carbocycles. The maximum Gasteiger partial charge on any atom is 0.234 e. The molecule has 0 saturated heterocycles. The highest BCUT2D eigenvalue weighted by molar-refractivity contribution is 5.95. The number of imidazole rings is 1. The van der Waals surface area contributed by atoms with Crippen molar-refractivity contribution in [3.8, 4) is 28.3 Å². The van der Waals surface area contributed by atoms with Gasteiger partial charge in [-0.05, 0) is 42.8 Å². The van der Waals surface area contributed by atoms with E-state index in [1.165, 1.54) is 0 Å². The number of aromatic nitrogens is 4. The average Bonchev–Trinajstić information content (AvgIpc) is 3.12. The molecular formula is C22H19N5O2. The standard InChI is InChI=1S/C22H19N5O2/c1-14-13-23-8-6-17(14)20-21(27-9-3-7-24-22(27)25-20)16-4-5-19-18(12-16)26(15(2)28)10-11-29-19/h3-9,12-13H,10-11H2,1-2H3. The molecule has 1 aliphatic heterocycles. The number of hydrogen-bond donors (Lipinski definition) is 0. The van der Waals surface area contributed by atoms with Gasteiger partial charge in [0.25, 0.3) is 0 Å². The van der Waals surface area contributed by atoms with E-state index in [1.54, 1.807) is 24.2 Å². The summed E-state index contributed by atoms with van der Waals surface area (Å²) in [6.07, 6.45) is 7.27. The van der Waals surface area contributed by atoms with Crippen molar-refractivity contribution >= 4 is 17.4 Å². The average molecular weight is 385 g/mol. The van der Waals surface area contributed by atoms with E-state index in [9.17, 15) is 4.79 Å². The fourth-order valence-electron chi connectivity index (χ4n) is 3.78. The van der Waals surface area contributed by atoms with Crippen LogP contribution >= 0.6 is 0 Å². The van der Waals surface area contributed by atoms with Crippen molar-refractivity contribution in [3.05, 3.63) is 60.7 Å². The lowest BCUT2D eigenvalue weighted by molar-refractivity contribution is -0.116. The Labute approximate surface area is 167 Å². The SMILES string of the molecule is CC(=O)N1CCOc2ccc(-c3c(-c4ccncc4C)nc4ncccn34)cc21. The third-order valence-corrected chi connectivity index (χ3v) is 5.15. The maximum atomic E-state index is 12.1. The molecule has 1 aliphatic rings. The van der Waals surface area contributed by atoms with Gasteiger partial charge in [0.1, 0.15) is 12.4 Å². The highest BCUT2D eigenvalue weighted by atomic mass is 16.5. The van der Waals surface area contributed by atoms with E-state index < -0.39 is 0 Å². The maximum absolute atomic E-state index is 12.1. The topological polar surface area (TPSA) is 72.6 Å². The zero-order valence-electron chi connectivity index (χ0n) is 16.2. The second-order valence-electron chi connectivity index (χ2n) is 6.99. The van der Waals surface area contributed by atoms with E-state index in [0.717, 1.165) is 33.8 Å². The second kappa shape index (κ2) is 6.70. The summed E-state index contributed by atoms with van der Waals surface area (Å²) in [5.41, 5.74) is 5.49. The van der Waals surface area contributed by atoms with Crippen molar-refractivity contribution < 1.29 is 9.53 Å². The van der Waals surface area contributed by atoms with Gasteiger partial charge in [-0.1, -0.05) is 0 Å². The molecule has 4 heterocycles. The van der Waals surface area contributed by atoms with Crippen LogP contribution in [-0.4, -0.2) is 38.4 Å². The third-order valence-electron chi connectivity index (χ3n) is 5.15. The molecule has 0 radical (unpaired) electrons. The van der Waals surface area contributed by atoms with Crippen LogP contribution in [0.2, 0.25) is 0 Å². The number of anilines is 1. The lowest BCUT2D eigenvalue weighted by Crippen LogP contribution is -2.36. The van der Waals surface area contributed by atoms with Crippen LogP contribution in [0.15, 0.2) is 55.1 Å². The Morgan fingerprint density at radius 2 is 2.10 bits per heavy atom. The second-order valence-corrected chi connectivity index (χ2v) is 6.99. The number of hydrogen-bond acceptors (Lipinski definition) is 5. The van der Waals surface area contributed by atoms with Gasteiger partial charge in [-0.25, -0.2) is 9.97 Å². The number of pyridine rings is 1. The van der Waals surface area contributed by atoms with Gasteiger partial charge in [-0.3, -0.25) is 14.2 Å². The minimum atomic E-state index is -0.00305.